The van der Waals surface area contributed by atoms with E-state index in [4.69, 9.17) is 9.84 Å². The predicted molar refractivity (Wildman–Crippen MR) is 82.3 cm³/mol. The van der Waals surface area contributed by atoms with Gasteiger partial charge in [-0.1, -0.05) is 29.7 Å². The summed E-state index contributed by atoms with van der Waals surface area (Å²) in [6.45, 7) is 1.76. The molecule has 6 heteroatoms. The second kappa shape index (κ2) is 7.16. The SMILES string of the molecule is COc1ccc(CSc2nnc(C)n2C)cc1C#CCO. The third-order valence-corrected chi connectivity index (χ3v) is 4.08. The first-order valence-electron chi connectivity index (χ1n) is 6.41. The van der Waals surface area contributed by atoms with Crippen LogP contribution in [-0.2, 0) is 12.8 Å². The summed E-state index contributed by atoms with van der Waals surface area (Å²) in [5.74, 6) is 7.91. The summed E-state index contributed by atoms with van der Waals surface area (Å²) in [5, 5.41) is 17.9. The summed E-state index contributed by atoms with van der Waals surface area (Å²) in [6.07, 6.45) is 0. The van der Waals surface area contributed by atoms with E-state index in [2.05, 4.69) is 22.0 Å². The summed E-state index contributed by atoms with van der Waals surface area (Å²) in [4.78, 5) is 0. The van der Waals surface area contributed by atoms with E-state index >= 15 is 0 Å². The Hall–Kier alpha value is -1.97. The largest absolute Gasteiger partial charge is 0.495 e. The maximum absolute atomic E-state index is 8.81. The molecular formula is C15H17N3O2S. The van der Waals surface area contributed by atoms with Crippen molar-refractivity contribution in [1.29, 1.82) is 0 Å². The van der Waals surface area contributed by atoms with Crippen molar-refractivity contribution in [2.75, 3.05) is 13.7 Å². The van der Waals surface area contributed by atoms with E-state index in [9.17, 15) is 0 Å². The molecule has 0 aliphatic carbocycles. The van der Waals surface area contributed by atoms with Crippen molar-refractivity contribution in [2.24, 2.45) is 7.05 Å². The van der Waals surface area contributed by atoms with Gasteiger partial charge in [-0.25, -0.2) is 0 Å². The fourth-order valence-electron chi connectivity index (χ4n) is 1.74. The molecule has 5 nitrogen and oxygen atoms in total. The number of aryl methyl sites for hydroxylation is 1. The van der Waals surface area contributed by atoms with Crippen LogP contribution in [0, 0.1) is 18.8 Å². The lowest BCUT2D eigenvalue weighted by molar-refractivity contribution is 0.350. The van der Waals surface area contributed by atoms with Crippen molar-refractivity contribution >= 4 is 11.8 Å². The molecule has 0 unspecified atom stereocenters. The lowest BCUT2D eigenvalue weighted by Gasteiger charge is -2.06. The smallest absolute Gasteiger partial charge is 0.191 e. The highest BCUT2D eigenvalue weighted by Crippen LogP contribution is 2.25. The van der Waals surface area contributed by atoms with Crippen LogP contribution >= 0.6 is 11.8 Å². The topological polar surface area (TPSA) is 60.2 Å². The van der Waals surface area contributed by atoms with Crippen LogP contribution in [0.25, 0.3) is 0 Å². The van der Waals surface area contributed by atoms with Gasteiger partial charge in [-0.3, -0.25) is 0 Å². The molecule has 0 saturated carbocycles. The first kappa shape index (κ1) is 15.4. The van der Waals surface area contributed by atoms with Gasteiger partial charge in [0.15, 0.2) is 5.16 Å². The minimum absolute atomic E-state index is 0.166. The van der Waals surface area contributed by atoms with E-state index in [0.29, 0.717) is 5.75 Å². The molecule has 1 aromatic heterocycles. The number of aromatic nitrogens is 3. The van der Waals surface area contributed by atoms with Gasteiger partial charge in [0, 0.05) is 12.8 Å². The highest BCUT2D eigenvalue weighted by Gasteiger charge is 2.07. The van der Waals surface area contributed by atoms with Gasteiger partial charge < -0.3 is 14.4 Å². The summed E-state index contributed by atoms with van der Waals surface area (Å²) >= 11 is 1.62. The number of nitrogens with zero attached hydrogens (tertiary/aromatic N) is 3. The molecular weight excluding hydrogens is 286 g/mol. The molecule has 0 amide bonds. The van der Waals surface area contributed by atoms with E-state index in [0.717, 1.165) is 27.9 Å². The Kier molecular flexibility index (Phi) is 5.26. The molecule has 0 spiro atoms. The van der Waals surface area contributed by atoms with Gasteiger partial charge in [-0.05, 0) is 24.6 Å². The van der Waals surface area contributed by atoms with E-state index in [1.165, 1.54) is 0 Å². The maximum Gasteiger partial charge on any atom is 0.191 e. The van der Waals surface area contributed by atoms with Crippen LogP contribution in [0.5, 0.6) is 5.75 Å². The van der Waals surface area contributed by atoms with Crippen LogP contribution in [-0.4, -0.2) is 33.6 Å². The van der Waals surface area contributed by atoms with Crippen molar-refractivity contribution in [3.8, 4) is 17.6 Å². The molecule has 0 aliphatic rings. The van der Waals surface area contributed by atoms with Crippen molar-refractivity contribution in [2.45, 2.75) is 17.8 Å². The Bertz CT molecular complexity index is 686. The molecule has 1 N–H and O–H groups in total. The minimum atomic E-state index is -0.166. The van der Waals surface area contributed by atoms with Crippen LogP contribution in [0.2, 0.25) is 0 Å². The molecule has 110 valence electrons. The zero-order chi connectivity index (χ0) is 15.2. The number of thioether (sulfide) groups is 1. The average molecular weight is 303 g/mol. The second-order valence-electron chi connectivity index (χ2n) is 4.37. The van der Waals surface area contributed by atoms with Crippen LogP contribution in [0.3, 0.4) is 0 Å². The fourth-order valence-corrected chi connectivity index (χ4v) is 2.64. The summed E-state index contributed by atoms with van der Waals surface area (Å²) in [6, 6.07) is 5.86. The Labute approximate surface area is 128 Å². The van der Waals surface area contributed by atoms with E-state index in [-0.39, 0.29) is 6.61 Å². The molecule has 0 bridgehead atoms. The van der Waals surface area contributed by atoms with Crippen LogP contribution < -0.4 is 4.74 Å². The molecule has 1 aromatic carbocycles. The number of ether oxygens (including phenoxy) is 1. The number of benzene rings is 1. The molecule has 2 aromatic rings. The first-order chi connectivity index (χ1) is 10.2. The third-order valence-electron chi connectivity index (χ3n) is 2.99. The third kappa shape index (κ3) is 3.78. The maximum atomic E-state index is 8.81. The summed E-state index contributed by atoms with van der Waals surface area (Å²) in [5.41, 5.74) is 1.89. The van der Waals surface area contributed by atoms with Crippen LogP contribution in [0.15, 0.2) is 23.4 Å². The number of hydrogen-bond donors (Lipinski definition) is 1. The summed E-state index contributed by atoms with van der Waals surface area (Å²) < 4.78 is 7.22. The standard InChI is InChI=1S/C15H17N3O2S/c1-11-16-17-15(18(11)2)21-10-12-6-7-14(20-3)13(9-12)5-4-8-19/h6-7,9,19H,8,10H2,1-3H3. The molecule has 2 rings (SSSR count). The molecule has 21 heavy (non-hydrogen) atoms. The Morgan fingerprint density at radius 3 is 2.81 bits per heavy atom. The molecule has 0 atom stereocenters. The molecule has 0 saturated heterocycles. The lowest BCUT2D eigenvalue weighted by Crippen LogP contribution is -1.94. The van der Waals surface area contributed by atoms with Crippen molar-refractivity contribution < 1.29 is 9.84 Å². The van der Waals surface area contributed by atoms with Gasteiger partial charge in [0.05, 0.1) is 12.7 Å². The van der Waals surface area contributed by atoms with Gasteiger partial charge in [0.1, 0.15) is 18.2 Å². The van der Waals surface area contributed by atoms with Gasteiger partial charge in [0.25, 0.3) is 0 Å². The number of methoxy groups -OCH3 is 1. The lowest BCUT2D eigenvalue weighted by atomic mass is 10.1. The van der Waals surface area contributed by atoms with Crippen molar-refractivity contribution in [3.63, 3.8) is 0 Å². The number of rotatable bonds is 4. The molecule has 0 radical (unpaired) electrons. The monoisotopic (exact) mass is 303 g/mol. The Morgan fingerprint density at radius 1 is 1.38 bits per heavy atom. The number of aliphatic hydroxyl groups is 1. The highest BCUT2D eigenvalue weighted by atomic mass is 32.2. The highest BCUT2D eigenvalue weighted by molar-refractivity contribution is 7.98. The Balaban J connectivity index is 2.15. The normalized spacial score (nSPS) is 10.1. The van der Waals surface area contributed by atoms with Gasteiger partial charge in [0.2, 0.25) is 0 Å². The number of aliphatic hydroxyl groups excluding tert-OH is 1. The van der Waals surface area contributed by atoms with Crippen LogP contribution in [0.4, 0.5) is 0 Å². The first-order valence-corrected chi connectivity index (χ1v) is 7.39. The van der Waals surface area contributed by atoms with E-state index < -0.39 is 0 Å². The zero-order valence-corrected chi connectivity index (χ0v) is 13.1. The van der Waals surface area contributed by atoms with Crippen molar-refractivity contribution in [1.82, 2.24) is 14.8 Å². The minimum Gasteiger partial charge on any atom is -0.495 e. The fraction of sp³-hybridized carbons (Fsp3) is 0.333. The summed E-state index contributed by atoms with van der Waals surface area (Å²) in [7, 11) is 3.56. The number of hydrogen-bond acceptors (Lipinski definition) is 5. The average Bonchev–Trinajstić information content (AvgIpc) is 2.82. The predicted octanol–water partition coefficient (Wildman–Crippen LogP) is 1.77. The van der Waals surface area contributed by atoms with Crippen molar-refractivity contribution in [3.05, 3.63) is 35.2 Å². The Morgan fingerprint density at radius 2 is 2.19 bits per heavy atom. The molecule has 1 heterocycles. The molecule has 0 aliphatic heterocycles. The quantitative estimate of drug-likeness (QED) is 0.689. The van der Waals surface area contributed by atoms with E-state index in [1.54, 1.807) is 18.9 Å². The van der Waals surface area contributed by atoms with Crippen LogP contribution in [0.1, 0.15) is 17.0 Å². The zero-order valence-electron chi connectivity index (χ0n) is 12.3. The molecule has 0 fully saturated rings. The van der Waals surface area contributed by atoms with Gasteiger partial charge in [-0.2, -0.15) is 0 Å². The van der Waals surface area contributed by atoms with Gasteiger partial charge in [-0.15, -0.1) is 10.2 Å². The van der Waals surface area contributed by atoms with Gasteiger partial charge >= 0.3 is 0 Å². The van der Waals surface area contributed by atoms with E-state index in [1.807, 2.05) is 36.7 Å². The second-order valence-corrected chi connectivity index (χ2v) is 5.31.